The van der Waals surface area contributed by atoms with E-state index >= 15 is 0 Å². The number of nitrogens with one attached hydrogen (secondary N) is 2. The molecule has 1 aliphatic heterocycles. The molecule has 3 aromatic rings. The van der Waals surface area contributed by atoms with E-state index < -0.39 is 18.2 Å². The highest BCUT2D eigenvalue weighted by Gasteiger charge is 2.29. The minimum atomic E-state index is -1.11. The number of hydrogen-bond donors (Lipinski definition) is 2. The zero-order valence-corrected chi connectivity index (χ0v) is 20.1. The molecule has 1 fully saturated rings. The molecule has 0 saturated carbocycles. The van der Waals surface area contributed by atoms with Gasteiger partial charge in [0.15, 0.2) is 0 Å². The smallest absolute Gasteiger partial charge is 0.278 e. The fourth-order valence-corrected chi connectivity index (χ4v) is 4.44. The largest absolute Gasteiger partial charge is 0.384 e. The number of aryl methyl sites for hydroxylation is 1. The van der Waals surface area contributed by atoms with Gasteiger partial charge in [-0.25, -0.2) is 4.39 Å². The van der Waals surface area contributed by atoms with Crippen molar-refractivity contribution in [1.29, 1.82) is 0 Å². The van der Waals surface area contributed by atoms with Gasteiger partial charge >= 0.3 is 0 Å². The Hall–Kier alpha value is -3.47. The molecule has 0 spiro atoms. The van der Waals surface area contributed by atoms with E-state index in [9.17, 15) is 18.4 Å². The van der Waals surface area contributed by atoms with Gasteiger partial charge in [-0.2, -0.15) is 4.39 Å². The third-order valence-corrected chi connectivity index (χ3v) is 6.41. The van der Waals surface area contributed by atoms with E-state index in [0.717, 1.165) is 6.54 Å². The van der Waals surface area contributed by atoms with Gasteiger partial charge in [0.2, 0.25) is 0 Å². The van der Waals surface area contributed by atoms with Gasteiger partial charge in [0.05, 0.1) is 12.2 Å². The van der Waals surface area contributed by atoms with Crippen molar-refractivity contribution in [2.24, 2.45) is 0 Å². The Bertz CT molecular complexity index is 1290. The molecule has 0 aromatic carbocycles. The number of anilines is 2. The molecule has 0 amide bonds. The van der Waals surface area contributed by atoms with Gasteiger partial charge in [-0.1, -0.05) is 0 Å². The summed E-state index contributed by atoms with van der Waals surface area (Å²) in [5.74, 6) is -0.745. The lowest BCUT2D eigenvalue weighted by atomic mass is 10.0. The van der Waals surface area contributed by atoms with E-state index in [1.807, 2.05) is 18.9 Å². The van der Waals surface area contributed by atoms with Crippen LogP contribution in [0.15, 0.2) is 52.4 Å². The highest BCUT2D eigenvalue weighted by atomic mass is 19.1. The molecule has 3 atom stereocenters. The molecular formula is C24H31F2N7O2. The van der Waals surface area contributed by atoms with Crippen LogP contribution in [0.4, 0.5) is 20.2 Å². The molecule has 0 aliphatic carbocycles. The second kappa shape index (κ2) is 10.4. The fraction of sp³-hybridized carbons (Fsp3) is 0.458. The van der Waals surface area contributed by atoms with Crippen molar-refractivity contribution in [1.82, 2.24) is 23.8 Å². The first-order chi connectivity index (χ1) is 16.8. The summed E-state index contributed by atoms with van der Waals surface area (Å²) in [7, 11) is 3.50. The third-order valence-electron chi connectivity index (χ3n) is 6.41. The maximum absolute atomic E-state index is 14.6. The lowest BCUT2D eigenvalue weighted by Crippen LogP contribution is -2.43. The molecule has 1 saturated heterocycles. The zero-order valence-electron chi connectivity index (χ0n) is 20.1. The van der Waals surface area contributed by atoms with Gasteiger partial charge in [-0.05, 0) is 51.1 Å². The van der Waals surface area contributed by atoms with Gasteiger partial charge in [0.25, 0.3) is 17.1 Å². The number of alkyl halides is 1. The first kappa shape index (κ1) is 24.6. The first-order valence-corrected chi connectivity index (χ1v) is 11.7. The molecule has 188 valence electrons. The normalized spacial score (nSPS) is 19.5. The summed E-state index contributed by atoms with van der Waals surface area (Å²) in [6.45, 7) is 3.32. The van der Waals surface area contributed by atoms with Crippen molar-refractivity contribution < 1.29 is 8.78 Å². The average Bonchev–Trinajstić information content (AvgIpc) is 3.20. The highest BCUT2D eigenvalue weighted by molar-refractivity contribution is 5.43. The lowest BCUT2D eigenvalue weighted by Gasteiger charge is -2.33. The molecule has 35 heavy (non-hydrogen) atoms. The Morgan fingerprint density at radius 1 is 1.17 bits per heavy atom. The van der Waals surface area contributed by atoms with Crippen LogP contribution in [0.5, 0.6) is 0 Å². The Morgan fingerprint density at radius 3 is 2.66 bits per heavy atom. The molecule has 9 nitrogen and oxygen atoms in total. The minimum absolute atomic E-state index is 0.0672. The molecule has 0 radical (unpaired) electrons. The number of piperidine rings is 1. The van der Waals surface area contributed by atoms with Gasteiger partial charge in [0.1, 0.15) is 23.2 Å². The summed E-state index contributed by atoms with van der Waals surface area (Å²) in [5, 5.41) is 9.88. The van der Waals surface area contributed by atoms with Crippen LogP contribution in [0, 0.1) is 5.95 Å². The highest BCUT2D eigenvalue weighted by Crippen LogP contribution is 2.24. The Kier molecular flexibility index (Phi) is 7.34. The van der Waals surface area contributed by atoms with Crippen molar-refractivity contribution in [2.75, 3.05) is 37.8 Å². The summed E-state index contributed by atoms with van der Waals surface area (Å²) in [6, 6.07) is 6.08. The van der Waals surface area contributed by atoms with Crippen molar-refractivity contribution in [3.63, 3.8) is 0 Å². The molecule has 0 bridgehead atoms. The van der Waals surface area contributed by atoms with Gasteiger partial charge in [-0.3, -0.25) is 18.8 Å². The summed E-state index contributed by atoms with van der Waals surface area (Å²) in [6.07, 6.45) is 4.62. The number of likely N-dealkylation sites (tertiary alicyclic amines) is 1. The number of aromatic nitrogens is 4. The van der Waals surface area contributed by atoms with Crippen LogP contribution in [0.25, 0.3) is 5.69 Å². The van der Waals surface area contributed by atoms with Crippen LogP contribution < -0.4 is 21.8 Å². The standard InChI is InChI=1S/C24H31F2N7O2/c1-16(28-19-7-5-10-32(24(19)35)20-9-12-30(3)14-17(20)25)8-13-31-15-21(22(26)29-31)33-11-4-6-18(27-2)23(33)34/h4-7,10-11,15-17,20,27-28H,8-9,12-14H2,1-3H3/t16?,17-,20-/m0/s1. The molecule has 2 N–H and O–H groups in total. The van der Waals surface area contributed by atoms with Crippen molar-refractivity contribution in [3.05, 3.63) is 69.5 Å². The SMILES string of the molecule is CNc1cccn(-c2cn(CCC(C)Nc3cccn([C@H]4CCN(C)C[C@@H]4F)c3=O)nc2F)c1=O. The number of pyridine rings is 2. The van der Waals surface area contributed by atoms with E-state index in [1.165, 1.54) is 26.2 Å². The maximum atomic E-state index is 14.6. The number of nitrogens with zero attached hydrogens (tertiary/aromatic N) is 5. The van der Waals surface area contributed by atoms with E-state index in [1.54, 1.807) is 37.5 Å². The quantitative estimate of drug-likeness (QED) is 0.508. The maximum Gasteiger partial charge on any atom is 0.278 e. The van der Waals surface area contributed by atoms with E-state index in [4.69, 9.17) is 0 Å². The fourth-order valence-electron chi connectivity index (χ4n) is 4.44. The molecular weight excluding hydrogens is 456 g/mol. The van der Waals surface area contributed by atoms with Gasteiger partial charge in [-0.15, -0.1) is 5.10 Å². The molecule has 4 heterocycles. The number of hydrogen-bond acceptors (Lipinski definition) is 6. The molecule has 1 aliphatic rings. The lowest BCUT2D eigenvalue weighted by molar-refractivity contribution is 0.105. The van der Waals surface area contributed by atoms with Crippen LogP contribution in [-0.2, 0) is 6.54 Å². The predicted octanol–water partition coefficient (Wildman–Crippen LogP) is 2.48. The van der Waals surface area contributed by atoms with E-state index in [-0.39, 0.29) is 22.8 Å². The summed E-state index contributed by atoms with van der Waals surface area (Å²) in [5.41, 5.74) is 0.188. The van der Waals surface area contributed by atoms with Crippen LogP contribution in [0.2, 0.25) is 0 Å². The Labute approximate surface area is 202 Å². The van der Waals surface area contributed by atoms with E-state index in [2.05, 4.69) is 15.7 Å². The van der Waals surface area contributed by atoms with Crippen LogP contribution in [0.3, 0.4) is 0 Å². The first-order valence-electron chi connectivity index (χ1n) is 11.7. The molecule has 4 rings (SSSR count). The number of halogens is 2. The predicted molar refractivity (Wildman–Crippen MR) is 132 cm³/mol. The van der Waals surface area contributed by atoms with Crippen LogP contribution >= 0.6 is 0 Å². The van der Waals surface area contributed by atoms with Gasteiger partial charge < -0.3 is 20.1 Å². The van der Waals surface area contributed by atoms with Gasteiger partial charge in [0, 0.05) is 45.1 Å². The minimum Gasteiger partial charge on any atom is -0.384 e. The second-order valence-corrected chi connectivity index (χ2v) is 9.02. The monoisotopic (exact) mass is 487 g/mol. The summed E-state index contributed by atoms with van der Waals surface area (Å²) < 4.78 is 33.2. The van der Waals surface area contributed by atoms with Crippen LogP contribution in [0.1, 0.15) is 25.8 Å². The zero-order chi connectivity index (χ0) is 25.1. The second-order valence-electron chi connectivity index (χ2n) is 9.02. The Balaban J connectivity index is 1.43. The van der Waals surface area contributed by atoms with Crippen molar-refractivity contribution in [3.8, 4) is 5.69 Å². The topological polar surface area (TPSA) is 89.1 Å². The van der Waals surface area contributed by atoms with E-state index in [0.29, 0.717) is 37.3 Å². The molecule has 11 heteroatoms. The van der Waals surface area contributed by atoms with Crippen molar-refractivity contribution >= 4 is 11.4 Å². The number of rotatable bonds is 8. The van der Waals surface area contributed by atoms with Crippen LogP contribution in [-0.4, -0.2) is 63.2 Å². The average molecular weight is 488 g/mol. The molecule has 1 unspecified atom stereocenters. The molecule has 3 aromatic heterocycles. The third kappa shape index (κ3) is 5.29. The summed E-state index contributed by atoms with van der Waals surface area (Å²) in [4.78, 5) is 27.4. The Morgan fingerprint density at radius 2 is 1.91 bits per heavy atom. The summed E-state index contributed by atoms with van der Waals surface area (Å²) >= 11 is 0. The van der Waals surface area contributed by atoms with Crippen molar-refractivity contribution in [2.45, 2.75) is 44.6 Å².